The van der Waals surface area contributed by atoms with Crippen molar-refractivity contribution in [1.82, 2.24) is 0 Å². The van der Waals surface area contributed by atoms with E-state index < -0.39 is 0 Å². The quantitative estimate of drug-likeness (QED) is 0.803. The molecule has 0 spiro atoms. The van der Waals surface area contributed by atoms with Crippen LogP contribution in [0, 0.1) is 0 Å². The van der Waals surface area contributed by atoms with E-state index in [-0.39, 0.29) is 24.2 Å². The Morgan fingerprint density at radius 3 is 2.38 bits per heavy atom. The van der Waals surface area contributed by atoms with Gasteiger partial charge in [0.05, 0.1) is 6.04 Å². The Kier molecular flexibility index (Phi) is 5.35. The smallest absolute Gasteiger partial charge is 0.146 e. The number of rotatable bonds is 3. The molecule has 0 amide bonds. The number of hydrogen-bond acceptors (Lipinski definition) is 2. The summed E-state index contributed by atoms with van der Waals surface area (Å²) >= 11 is 0. The summed E-state index contributed by atoms with van der Waals surface area (Å²) in [7, 11) is 0. The van der Waals surface area contributed by atoms with Crippen LogP contribution in [0.15, 0.2) is 30.3 Å². The third-order valence-corrected chi connectivity index (χ3v) is 1.82. The van der Waals surface area contributed by atoms with Gasteiger partial charge in [-0.1, -0.05) is 30.3 Å². The highest BCUT2D eigenvalue weighted by Gasteiger charge is 2.07. The number of benzene rings is 1. The topological polar surface area (TPSA) is 43.1 Å². The van der Waals surface area contributed by atoms with Crippen molar-refractivity contribution in [3.8, 4) is 0 Å². The molecule has 0 saturated heterocycles. The summed E-state index contributed by atoms with van der Waals surface area (Å²) in [5, 5.41) is 0. The van der Waals surface area contributed by atoms with Gasteiger partial charge in [-0.2, -0.15) is 0 Å². The van der Waals surface area contributed by atoms with Crippen molar-refractivity contribution in [2.75, 3.05) is 0 Å². The highest BCUT2D eigenvalue weighted by atomic mass is 35.5. The molecule has 1 aromatic rings. The molecule has 13 heavy (non-hydrogen) atoms. The molecule has 0 bridgehead atoms. The van der Waals surface area contributed by atoms with Gasteiger partial charge in [0.2, 0.25) is 0 Å². The Morgan fingerprint density at radius 2 is 1.92 bits per heavy atom. The second-order valence-corrected chi connectivity index (χ2v) is 2.91. The number of halogens is 1. The van der Waals surface area contributed by atoms with Gasteiger partial charge in [-0.05, 0) is 18.9 Å². The van der Waals surface area contributed by atoms with E-state index in [1.807, 2.05) is 30.3 Å². The minimum Gasteiger partial charge on any atom is -0.321 e. The number of carbonyl (C=O) groups is 1. The summed E-state index contributed by atoms with van der Waals surface area (Å²) in [6, 6.07) is 9.44. The van der Waals surface area contributed by atoms with Crippen LogP contribution in [0.4, 0.5) is 0 Å². The Labute approximate surface area is 84.5 Å². The lowest BCUT2D eigenvalue weighted by Crippen LogP contribution is -2.30. The summed E-state index contributed by atoms with van der Waals surface area (Å²) in [5.74, 6) is 0.0406. The first-order chi connectivity index (χ1) is 5.70. The molecule has 0 heterocycles. The molecule has 1 aromatic carbocycles. The van der Waals surface area contributed by atoms with E-state index in [2.05, 4.69) is 0 Å². The maximum atomic E-state index is 10.8. The number of Topliss-reactive ketones (excluding diaryl/α,β-unsaturated/α-hetero) is 1. The van der Waals surface area contributed by atoms with Gasteiger partial charge in [0, 0.05) is 0 Å². The van der Waals surface area contributed by atoms with Gasteiger partial charge < -0.3 is 5.73 Å². The molecule has 0 aliphatic carbocycles. The average Bonchev–Trinajstić information content (AvgIpc) is 2.06. The maximum absolute atomic E-state index is 10.8. The standard InChI is InChI=1S/C10H13NO.ClH/c1-8(12)10(11)7-9-5-3-2-4-6-9;/h2-6,10H,7,11H2,1H3;1H/t10-;/m0./s1. The molecule has 1 rings (SSSR count). The molecule has 1 atom stereocenters. The largest absolute Gasteiger partial charge is 0.321 e. The minimum absolute atomic E-state index is 0. The fraction of sp³-hybridized carbons (Fsp3) is 0.300. The molecule has 0 unspecified atom stereocenters. The highest BCUT2D eigenvalue weighted by molar-refractivity contribution is 5.85. The molecule has 0 fully saturated rings. The molecule has 2 N–H and O–H groups in total. The van der Waals surface area contributed by atoms with Crippen LogP contribution in [0.3, 0.4) is 0 Å². The lowest BCUT2D eigenvalue weighted by atomic mass is 10.0. The van der Waals surface area contributed by atoms with Gasteiger partial charge in [0.1, 0.15) is 5.78 Å². The monoisotopic (exact) mass is 199 g/mol. The summed E-state index contributed by atoms with van der Waals surface area (Å²) in [4.78, 5) is 10.8. The molecule has 0 aliphatic rings. The van der Waals surface area contributed by atoms with Gasteiger partial charge in [0.15, 0.2) is 0 Å². The zero-order valence-corrected chi connectivity index (χ0v) is 8.38. The number of carbonyl (C=O) groups excluding carboxylic acids is 1. The first-order valence-corrected chi connectivity index (χ1v) is 4.00. The summed E-state index contributed by atoms with van der Waals surface area (Å²) in [5.41, 5.74) is 6.71. The lowest BCUT2D eigenvalue weighted by molar-refractivity contribution is -0.118. The predicted molar refractivity (Wildman–Crippen MR) is 56.1 cm³/mol. The zero-order valence-electron chi connectivity index (χ0n) is 7.57. The van der Waals surface area contributed by atoms with Crippen molar-refractivity contribution >= 4 is 18.2 Å². The summed E-state index contributed by atoms with van der Waals surface area (Å²) in [6.07, 6.45) is 0.635. The fourth-order valence-corrected chi connectivity index (χ4v) is 1.01. The Hall–Kier alpha value is -0.860. The van der Waals surface area contributed by atoms with Crippen LogP contribution in [-0.2, 0) is 11.2 Å². The normalized spacial score (nSPS) is 11.5. The predicted octanol–water partition coefficient (Wildman–Crippen LogP) is 1.57. The van der Waals surface area contributed by atoms with Crippen LogP contribution in [0.1, 0.15) is 12.5 Å². The van der Waals surface area contributed by atoms with E-state index in [4.69, 9.17) is 5.73 Å². The van der Waals surface area contributed by atoms with E-state index >= 15 is 0 Å². The first kappa shape index (κ1) is 12.1. The van der Waals surface area contributed by atoms with Crippen molar-refractivity contribution in [2.24, 2.45) is 5.73 Å². The average molecular weight is 200 g/mol. The van der Waals surface area contributed by atoms with E-state index in [9.17, 15) is 4.79 Å². The van der Waals surface area contributed by atoms with E-state index in [0.717, 1.165) is 5.56 Å². The first-order valence-electron chi connectivity index (χ1n) is 4.00. The second kappa shape index (κ2) is 5.73. The summed E-state index contributed by atoms with van der Waals surface area (Å²) in [6.45, 7) is 1.52. The van der Waals surface area contributed by atoms with Gasteiger partial charge in [-0.15, -0.1) is 12.4 Å². The minimum atomic E-state index is -0.354. The van der Waals surface area contributed by atoms with Crippen molar-refractivity contribution in [3.05, 3.63) is 35.9 Å². The molecular formula is C10H14ClNO. The van der Waals surface area contributed by atoms with Gasteiger partial charge in [0.25, 0.3) is 0 Å². The molecule has 0 aliphatic heterocycles. The maximum Gasteiger partial charge on any atom is 0.146 e. The third-order valence-electron chi connectivity index (χ3n) is 1.82. The van der Waals surface area contributed by atoms with Gasteiger partial charge in [-0.25, -0.2) is 0 Å². The molecule has 2 nitrogen and oxygen atoms in total. The summed E-state index contributed by atoms with van der Waals surface area (Å²) < 4.78 is 0. The Balaban J connectivity index is 0.00000144. The molecule has 72 valence electrons. The lowest BCUT2D eigenvalue weighted by Gasteiger charge is -2.06. The van der Waals surface area contributed by atoms with Crippen molar-refractivity contribution < 1.29 is 4.79 Å². The van der Waals surface area contributed by atoms with Crippen LogP contribution in [0.25, 0.3) is 0 Å². The second-order valence-electron chi connectivity index (χ2n) is 2.91. The molecule has 3 heteroatoms. The van der Waals surface area contributed by atoms with Gasteiger partial charge in [-0.3, -0.25) is 4.79 Å². The van der Waals surface area contributed by atoms with E-state index in [0.29, 0.717) is 6.42 Å². The number of nitrogens with two attached hydrogens (primary N) is 1. The third kappa shape index (κ3) is 4.06. The van der Waals surface area contributed by atoms with E-state index in [1.165, 1.54) is 6.92 Å². The fourth-order valence-electron chi connectivity index (χ4n) is 1.01. The number of ketones is 1. The molecule has 0 radical (unpaired) electrons. The molecule has 0 saturated carbocycles. The van der Waals surface area contributed by atoms with Crippen LogP contribution in [-0.4, -0.2) is 11.8 Å². The zero-order chi connectivity index (χ0) is 8.97. The van der Waals surface area contributed by atoms with Crippen molar-refractivity contribution in [1.29, 1.82) is 0 Å². The van der Waals surface area contributed by atoms with Crippen LogP contribution in [0.2, 0.25) is 0 Å². The number of hydrogen-bond donors (Lipinski definition) is 1. The van der Waals surface area contributed by atoms with E-state index in [1.54, 1.807) is 0 Å². The van der Waals surface area contributed by atoms with Crippen LogP contribution < -0.4 is 5.73 Å². The molecule has 0 aromatic heterocycles. The van der Waals surface area contributed by atoms with Crippen molar-refractivity contribution in [2.45, 2.75) is 19.4 Å². The Bertz CT molecular complexity index is 261. The highest BCUT2D eigenvalue weighted by Crippen LogP contribution is 2.01. The van der Waals surface area contributed by atoms with Crippen molar-refractivity contribution in [3.63, 3.8) is 0 Å². The SMILES string of the molecule is CC(=O)[C@@H](N)Cc1ccccc1.Cl. The van der Waals surface area contributed by atoms with Gasteiger partial charge >= 0.3 is 0 Å². The van der Waals surface area contributed by atoms with Crippen LogP contribution >= 0.6 is 12.4 Å². The Morgan fingerprint density at radius 1 is 1.38 bits per heavy atom. The van der Waals surface area contributed by atoms with Crippen LogP contribution in [0.5, 0.6) is 0 Å². The molecular weight excluding hydrogens is 186 g/mol.